The molecule has 0 spiro atoms. The summed E-state index contributed by atoms with van der Waals surface area (Å²) in [4.78, 5) is 0.627. The van der Waals surface area contributed by atoms with Crippen molar-refractivity contribution >= 4 is 39.3 Å². The van der Waals surface area contributed by atoms with Crippen molar-refractivity contribution in [2.24, 2.45) is 0 Å². The number of fused-ring (bicyclic) bond motifs is 3. The zero-order valence-electron chi connectivity index (χ0n) is 7.46. The molecule has 0 N–H and O–H groups in total. The quantitative estimate of drug-likeness (QED) is 0.355. The van der Waals surface area contributed by atoms with Crippen LogP contribution >= 0.6 is 22.6 Å². The fourth-order valence-electron chi connectivity index (χ4n) is 1.53. The first kappa shape index (κ1) is 8.84. The van der Waals surface area contributed by atoms with Crippen LogP contribution in [0.15, 0.2) is 30.5 Å². The molecule has 3 rings (SSSR count). The van der Waals surface area contributed by atoms with Gasteiger partial charge in [-0.1, -0.05) is 0 Å². The number of hydrogen-bond acceptors (Lipinski definition) is 3. The summed E-state index contributed by atoms with van der Waals surface area (Å²) in [5.41, 5.74) is 1.85. The summed E-state index contributed by atoms with van der Waals surface area (Å²) < 4.78 is 2.72. The highest BCUT2D eigenvalue weighted by molar-refractivity contribution is 14.1. The van der Waals surface area contributed by atoms with Gasteiger partial charge in [0.15, 0.2) is 0 Å². The Morgan fingerprint density at radius 2 is 2.20 bits per heavy atom. The lowest BCUT2D eigenvalue weighted by atomic mass is 10.3. The van der Waals surface area contributed by atoms with Crippen molar-refractivity contribution in [1.29, 1.82) is 0 Å². The normalized spacial score (nSPS) is 11.3. The fraction of sp³-hybridized carbons (Fsp3) is 0. The Bertz CT molecular complexity index is 664. The van der Waals surface area contributed by atoms with E-state index in [1.54, 1.807) is 22.8 Å². The van der Waals surface area contributed by atoms with Crippen molar-refractivity contribution in [1.82, 2.24) is 14.7 Å². The van der Waals surface area contributed by atoms with E-state index in [-0.39, 0.29) is 0 Å². The molecule has 0 saturated heterocycles. The second-order valence-electron chi connectivity index (χ2n) is 3.11. The molecule has 0 radical (unpaired) electrons. The average molecular weight is 312 g/mol. The third-order valence-electron chi connectivity index (χ3n) is 2.19. The third kappa shape index (κ3) is 1.24. The Morgan fingerprint density at radius 1 is 1.33 bits per heavy atom. The molecule has 0 atom stereocenters. The fourth-order valence-corrected chi connectivity index (χ4v) is 2.01. The first-order valence-electron chi connectivity index (χ1n) is 4.28. The van der Waals surface area contributed by atoms with Crippen LogP contribution in [0.5, 0.6) is 0 Å². The predicted octanol–water partition coefficient (Wildman–Crippen LogP) is 1.12. The van der Waals surface area contributed by atoms with Gasteiger partial charge in [-0.3, -0.25) is 0 Å². The van der Waals surface area contributed by atoms with E-state index in [1.807, 2.05) is 12.1 Å². The highest BCUT2D eigenvalue weighted by Gasteiger charge is 2.11. The van der Waals surface area contributed by atoms with Gasteiger partial charge in [0.1, 0.15) is 5.52 Å². The number of rotatable bonds is 0. The molecule has 74 valence electrons. The SMILES string of the molecule is [O-][n+]1nc2ccnn2c2cc(I)ccc21. The summed E-state index contributed by atoms with van der Waals surface area (Å²) in [6.07, 6.45) is 1.63. The summed E-state index contributed by atoms with van der Waals surface area (Å²) >= 11 is 2.20. The van der Waals surface area contributed by atoms with Crippen molar-refractivity contribution in [3.05, 3.63) is 39.2 Å². The summed E-state index contributed by atoms with van der Waals surface area (Å²) in [6.45, 7) is 0. The lowest BCUT2D eigenvalue weighted by Crippen LogP contribution is -2.33. The van der Waals surface area contributed by atoms with Crippen LogP contribution < -0.4 is 4.85 Å². The van der Waals surface area contributed by atoms with Crippen molar-refractivity contribution in [2.75, 3.05) is 0 Å². The molecule has 2 heterocycles. The Balaban J connectivity index is 2.63. The molecule has 1 aromatic carbocycles. The number of halogens is 1. The van der Waals surface area contributed by atoms with Crippen LogP contribution in [0, 0.1) is 8.78 Å². The Morgan fingerprint density at radius 3 is 3.07 bits per heavy atom. The summed E-state index contributed by atoms with van der Waals surface area (Å²) in [5.74, 6) is 0. The average Bonchev–Trinajstić information content (AvgIpc) is 2.65. The van der Waals surface area contributed by atoms with Gasteiger partial charge in [-0.2, -0.15) is 5.10 Å². The van der Waals surface area contributed by atoms with Crippen LogP contribution in [0.1, 0.15) is 0 Å². The van der Waals surface area contributed by atoms with E-state index in [9.17, 15) is 5.21 Å². The van der Waals surface area contributed by atoms with E-state index in [0.29, 0.717) is 16.0 Å². The lowest BCUT2D eigenvalue weighted by molar-refractivity contribution is -0.640. The number of nitrogens with zero attached hydrogens (tertiary/aromatic N) is 4. The van der Waals surface area contributed by atoms with Gasteiger partial charge in [-0.05, 0) is 39.6 Å². The van der Waals surface area contributed by atoms with Gasteiger partial charge >= 0.3 is 0 Å². The number of benzene rings is 1. The zero-order chi connectivity index (χ0) is 10.4. The van der Waals surface area contributed by atoms with Gasteiger partial charge in [0.2, 0.25) is 5.65 Å². The first-order chi connectivity index (χ1) is 7.25. The van der Waals surface area contributed by atoms with Gasteiger partial charge in [0.25, 0.3) is 5.52 Å². The van der Waals surface area contributed by atoms with Crippen LogP contribution in [0.4, 0.5) is 0 Å². The molecule has 15 heavy (non-hydrogen) atoms. The van der Waals surface area contributed by atoms with E-state index < -0.39 is 0 Å². The summed E-state index contributed by atoms with van der Waals surface area (Å²) in [7, 11) is 0. The molecule has 0 fully saturated rings. The first-order valence-corrected chi connectivity index (χ1v) is 5.36. The molecular weight excluding hydrogens is 307 g/mol. The maximum atomic E-state index is 11.6. The smallest absolute Gasteiger partial charge is 0.270 e. The Hall–Kier alpha value is -1.44. The van der Waals surface area contributed by atoms with Crippen molar-refractivity contribution < 1.29 is 4.85 Å². The van der Waals surface area contributed by atoms with Crippen molar-refractivity contribution in [3.8, 4) is 0 Å². The molecule has 2 aromatic heterocycles. The minimum Gasteiger partial charge on any atom is -0.594 e. The molecule has 0 amide bonds. The zero-order valence-corrected chi connectivity index (χ0v) is 9.62. The molecule has 0 saturated carbocycles. The molecule has 3 aromatic rings. The topological polar surface area (TPSA) is 57.1 Å². The van der Waals surface area contributed by atoms with Crippen LogP contribution in [0.25, 0.3) is 16.7 Å². The van der Waals surface area contributed by atoms with Gasteiger partial charge < -0.3 is 5.21 Å². The van der Waals surface area contributed by atoms with Gasteiger partial charge in [0.05, 0.1) is 6.20 Å². The molecule has 0 unspecified atom stereocenters. The molecule has 0 aliphatic carbocycles. The minimum atomic E-state index is 0.520. The van der Waals surface area contributed by atoms with Crippen molar-refractivity contribution in [2.45, 2.75) is 0 Å². The molecule has 0 bridgehead atoms. The molecule has 0 aliphatic rings. The summed E-state index contributed by atoms with van der Waals surface area (Å²) in [5, 5.41) is 19.5. The second kappa shape index (κ2) is 3.02. The maximum absolute atomic E-state index is 11.6. The van der Waals surface area contributed by atoms with E-state index in [4.69, 9.17) is 0 Å². The van der Waals surface area contributed by atoms with Gasteiger partial charge in [-0.25, -0.2) is 4.52 Å². The maximum Gasteiger partial charge on any atom is 0.270 e. The molecule has 5 nitrogen and oxygen atoms in total. The predicted molar refractivity (Wildman–Crippen MR) is 62.2 cm³/mol. The standard InChI is InChI=1S/C9H5IN4O/c10-6-1-2-7-8(5-6)13-9(3-4-11-13)12-14(7)15/h1-5H. The van der Waals surface area contributed by atoms with Gasteiger partial charge in [0, 0.05) is 20.8 Å². The monoisotopic (exact) mass is 312 g/mol. The molecule has 0 aliphatic heterocycles. The second-order valence-corrected chi connectivity index (χ2v) is 4.35. The van der Waals surface area contributed by atoms with E-state index in [0.717, 1.165) is 9.09 Å². The lowest BCUT2D eigenvalue weighted by Gasteiger charge is -2.01. The summed E-state index contributed by atoms with van der Waals surface area (Å²) in [6, 6.07) is 7.23. The van der Waals surface area contributed by atoms with E-state index >= 15 is 0 Å². The highest BCUT2D eigenvalue weighted by Crippen LogP contribution is 2.14. The van der Waals surface area contributed by atoms with E-state index in [1.165, 1.54) is 0 Å². The van der Waals surface area contributed by atoms with Crippen LogP contribution in [0.3, 0.4) is 0 Å². The number of hydrogen-bond donors (Lipinski definition) is 0. The van der Waals surface area contributed by atoms with Crippen LogP contribution in [-0.2, 0) is 0 Å². The molecule has 6 heteroatoms. The van der Waals surface area contributed by atoms with Crippen molar-refractivity contribution in [3.63, 3.8) is 0 Å². The largest absolute Gasteiger partial charge is 0.594 e. The van der Waals surface area contributed by atoms with Crippen LogP contribution in [-0.4, -0.2) is 14.7 Å². The Kier molecular flexibility index (Phi) is 1.78. The Labute approximate surface area is 98.0 Å². The minimum absolute atomic E-state index is 0.520. The van der Waals surface area contributed by atoms with E-state index in [2.05, 4.69) is 32.8 Å². The number of aromatic nitrogens is 4. The molecular formula is C9H5IN4O. The highest BCUT2D eigenvalue weighted by atomic mass is 127. The third-order valence-corrected chi connectivity index (χ3v) is 2.86. The van der Waals surface area contributed by atoms with Crippen LogP contribution in [0.2, 0.25) is 0 Å². The van der Waals surface area contributed by atoms with Gasteiger partial charge in [-0.15, -0.1) is 0 Å².